The zero-order chi connectivity index (χ0) is 13.0. The Hall–Kier alpha value is -0.420. The van der Waals surface area contributed by atoms with Gasteiger partial charge in [-0.15, -0.1) is 0 Å². The summed E-state index contributed by atoms with van der Waals surface area (Å²) in [4.78, 5) is 1.27. The molecule has 0 atom stereocenters. The number of allylic oxidation sites excluding steroid dienone is 2. The van der Waals surface area contributed by atoms with Crippen molar-refractivity contribution in [2.75, 3.05) is 12.4 Å². The lowest BCUT2D eigenvalue weighted by atomic mass is 9.92. The zero-order valence-corrected chi connectivity index (χ0v) is 13.6. The minimum Gasteiger partial charge on any atom is -0.387 e. The lowest BCUT2D eigenvalue weighted by molar-refractivity contribution is 0.742. The van der Waals surface area contributed by atoms with Crippen molar-refractivity contribution in [1.82, 2.24) is 0 Å². The zero-order valence-electron chi connectivity index (χ0n) is 10.6. The van der Waals surface area contributed by atoms with Crippen molar-refractivity contribution in [1.29, 1.82) is 0 Å². The second-order valence-electron chi connectivity index (χ2n) is 4.45. The standard InChI is InChI=1S/C15H18INS/c1-3-11-9-13(12-7-5-4-6-8-12)10-14(17-2)15(11)18-16/h3,7,9-10,17H,1,4-6,8H2,2H3. The normalized spacial score (nSPS) is 15.1. The summed E-state index contributed by atoms with van der Waals surface area (Å²) in [5.74, 6) is 0. The van der Waals surface area contributed by atoms with Crippen molar-refractivity contribution in [3.05, 3.63) is 35.9 Å². The molecule has 1 N–H and O–H groups in total. The smallest absolute Gasteiger partial charge is 0.0496 e. The van der Waals surface area contributed by atoms with Gasteiger partial charge >= 0.3 is 0 Å². The molecule has 0 aliphatic heterocycles. The van der Waals surface area contributed by atoms with Crippen molar-refractivity contribution in [3.63, 3.8) is 0 Å². The Labute approximate surface area is 126 Å². The molecule has 1 aromatic carbocycles. The van der Waals surface area contributed by atoms with E-state index in [2.05, 4.69) is 51.3 Å². The molecule has 96 valence electrons. The molecule has 18 heavy (non-hydrogen) atoms. The molecular weight excluding hydrogens is 353 g/mol. The molecular formula is C15H18INS. The van der Waals surface area contributed by atoms with Crippen LogP contribution >= 0.6 is 30.1 Å². The van der Waals surface area contributed by atoms with Crippen LogP contribution < -0.4 is 5.32 Å². The summed E-state index contributed by atoms with van der Waals surface area (Å²) in [6.45, 7) is 3.94. The van der Waals surface area contributed by atoms with Gasteiger partial charge < -0.3 is 5.32 Å². The Morgan fingerprint density at radius 3 is 2.78 bits per heavy atom. The Kier molecular flexibility index (Phi) is 5.18. The first-order chi connectivity index (χ1) is 8.80. The minimum atomic E-state index is 1.20. The first-order valence-electron chi connectivity index (χ1n) is 6.26. The summed E-state index contributed by atoms with van der Waals surface area (Å²) in [6.07, 6.45) is 9.41. The highest BCUT2D eigenvalue weighted by Gasteiger charge is 2.12. The largest absolute Gasteiger partial charge is 0.387 e. The van der Waals surface area contributed by atoms with Gasteiger partial charge in [-0.1, -0.05) is 27.7 Å². The molecule has 0 saturated heterocycles. The van der Waals surface area contributed by atoms with Gasteiger partial charge in [0.2, 0.25) is 0 Å². The van der Waals surface area contributed by atoms with Gasteiger partial charge in [-0.2, -0.15) is 0 Å². The average molecular weight is 371 g/mol. The van der Waals surface area contributed by atoms with E-state index >= 15 is 0 Å². The Balaban J connectivity index is 2.49. The molecule has 1 aliphatic carbocycles. The third kappa shape index (κ3) is 2.94. The fraction of sp³-hybridized carbons (Fsp3) is 0.333. The summed E-state index contributed by atoms with van der Waals surface area (Å²) in [5.41, 5.74) is 5.27. The fourth-order valence-corrected chi connectivity index (χ4v) is 4.31. The molecule has 0 saturated carbocycles. The van der Waals surface area contributed by atoms with Crippen LogP contribution in [0.1, 0.15) is 36.8 Å². The monoisotopic (exact) mass is 371 g/mol. The fourth-order valence-electron chi connectivity index (χ4n) is 2.36. The minimum absolute atomic E-state index is 1.20. The van der Waals surface area contributed by atoms with Gasteiger partial charge in [-0.3, -0.25) is 0 Å². The predicted molar refractivity (Wildman–Crippen MR) is 92.4 cm³/mol. The van der Waals surface area contributed by atoms with E-state index in [1.165, 1.54) is 53.0 Å². The maximum atomic E-state index is 3.94. The number of benzene rings is 1. The van der Waals surface area contributed by atoms with Gasteiger partial charge in [-0.25, -0.2) is 0 Å². The van der Waals surface area contributed by atoms with Gasteiger partial charge in [0.1, 0.15) is 0 Å². The summed E-state index contributed by atoms with van der Waals surface area (Å²) < 4.78 is 0. The first kappa shape index (κ1) is 14.0. The van der Waals surface area contributed by atoms with E-state index in [0.29, 0.717) is 0 Å². The highest BCUT2D eigenvalue weighted by molar-refractivity contribution is 14.2. The number of anilines is 1. The Morgan fingerprint density at radius 2 is 2.22 bits per heavy atom. The number of nitrogens with one attached hydrogen (secondary N) is 1. The van der Waals surface area contributed by atoms with E-state index in [-0.39, 0.29) is 0 Å². The summed E-state index contributed by atoms with van der Waals surface area (Å²) in [7, 11) is 3.73. The predicted octanol–water partition coefficient (Wildman–Crippen LogP) is 5.77. The maximum absolute atomic E-state index is 3.94. The molecule has 1 aromatic rings. The molecule has 0 heterocycles. The van der Waals surface area contributed by atoms with Crippen molar-refractivity contribution in [3.8, 4) is 0 Å². The third-order valence-corrected chi connectivity index (χ3v) is 5.28. The van der Waals surface area contributed by atoms with Crippen molar-refractivity contribution >= 4 is 47.5 Å². The van der Waals surface area contributed by atoms with Gasteiger partial charge in [0.15, 0.2) is 0 Å². The number of hydrogen-bond acceptors (Lipinski definition) is 2. The van der Waals surface area contributed by atoms with Crippen LogP contribution in [0.5, 0.6) is 0 Å². The van der Waals surface area contributed by atoms with Crippen molar-refractivity contribution in [2.24, 2.45) is 0 Å². The van der Waals surface area contributed by atoms with E-state index in [1.807, 2.05) is 13.1 Å². The van der Waals surface area contributed by atoms with Crippen LogP contribution in [0.25, 0.3) is 11.6 Å². The van der Waals surface area contributed by atoms with Crippen LogP contribution in [-0.4, -0.2) is 7.05 Å². The van der Waals surface area contributed by atoms with Crippen LogP contribution in [0.3, 0.4) is 0 Å². The molecule has 0 unspecified atom stereocenters. The number of halogens is 1. The SMILES string of the molecule is C=Cc1cc(C2=CCCCC2)cc(NC)c1SI. The van der Waals surface area contributed by atoms with Crippen molar-refractivity contribution < 1.29 is 0 Å². The van der Waals surface area contributed by atoms with E-state index in [1.54, 1.807) is 8.93 Å². The molecule has 3 heteroatoms. The molecule has 0 spiro atoms. The molecule has 1 aliphatic rings. The second kappa shape index (κ2) is 6.66. The van der Waals surface area contributed by atoms with Crippen molar-refractivity contribution in [2.45, 2.75) is 30.6 Å². The molecule has 0 fully saturated rings. The van der Waals surface area contributed by atoms with Crippen LogP contribution in [0.4, 0.5) is 5.69 Å². The van der Waals surface area contributed by atoms with E-state index < -0.39 is 0 Å². The molecule has 0 amide bonds. The lowest BCUT2D eigenvalue weighted by Crippen LogP contribution is -1.97. The molecule has 1 nitrogen and oxygen atoms in total. The quantitative estimate of drug-likeness (QED) is 0.675. The summed E-state index contributed by atoms with van der Waals surface area (Å²) in [5, 5.41) is 3.30. The second-order valence-corrected chi connectivity index (χ2v) is 6.33. The van der Waals surface area contributed by atoms with E-state index in [4.69, 9.17) is 0 Å². The van der Waals surface area contributed by atoms with Crippen LogP contribution in [0.15, 0.2) is 29.7 Å². The molecule has 0 bridgehead atoms. The Bertz CT molecular complexity index is 480. The van der Waals surface area contributed by atoms with E-state index in [0.717, 1.165) is 0 Å². The van der Waals surface area contributed by atoms with Gasteiger partial charge in [0.25, 0.3) is 0 Å². The lowest BCUT2D eigenvalue weighted by Gasteiger charge is -2.17. The summed E-state index contributed by atoms with van der Waals surface area (Å²) >= 11 is 2.33. The third-order valence-electron chi connectivity index (χ3n) is 3.35. The molecule has 0 aromatic heterocycles. The van der Waals surface area contributed by atoms with Gasteiger partial charge in [0, 0.05) is 38.8 Å². The topological polar surface area (TPSA) is 12.0 Å². The molecule has 0 radical (unpaired) electrons. The first-order valence-corrected chi connectivity index (χ1v) is 9.62. The maximum Gasteiger partial charge on any atom is 0.0496 e. The highest BCUT2D eigenvalue weighted by Crippen LogP contribution is 2.39. The van der Waals surface area contributed by atoms with E-state index in [9.17, 15) is 0 Å². The van der Waals surface area contributed by atoms with Crippen LogP contribution in [-0.2, 0) is 0 Å². The molecule has 2 rings (SSSR count). The Morgan fingerprint density at radius 1 is 1.39 bits per heavy atom. The van der Waals surface area contributed by atoms with Crippen LogP contribution in [0, 0.1) is 0 Å². The van der Waals surface area contributed by atoms with Gasteiger partial charge in [0.05, 0.1) is 0 Å². The number of rotatable bonds is 4. The summed E-state index contributed by atoms with van der Waals surface area (Å²) in [6, 6.07) is 4.54. The number of hydrogen-bond donors (Lipinski definition) is 1. The van der Waals surface area contributed by atoms with Crippen LogP contribution in [0.2, 0.25) is 0 Å². The van der Waals surface area contributed by atoms with Gasteiger partial charge in [-0.05, 0) is 54.5 Å². The average Bonchev–Trinajstić information content (AvgIpc) is 2.46. The highest BCUT2D eigenvalue weighted by atomic mass is 127.